The molecule has 0 bridgehead atoms. The van der Waals surface area contributed by atoms with Gasteiger partial charge in [0.05, 0.1) is 0 Å². The molecule has 100 valence electrons. The zero-order valence-electron chi connectivity index (χ0n) is 10.8. The lowest BCUT2D eigenvalue weighted by Crippen LogP contribution is -2.14. The molecule has 0 aliphatic heterocycles. The van der Waals surface area contributed by atoms with Crippen molar-refractivity contribution < 1.29 is 8.91 Å². The van der Waals surface area contributed by atoms with Crippen LogP contribution < -0.4 is 5.73 Å². The zero-order valence-corrected chi connectivity index (χ0v) is 10.8. The Morgan fingerprint density at radius 3 is 2.89 bits per heavy atom. The molecule has 1 aromatic heterocycles. The fourth-order valence-electron chi connectivity index (χ4n) is 2.63. The summed E-state index contributed by atoms with van der Waals surface area (Å²) in [6.45, 7) is 1.83. The Morgan fingerprint density at radius 2 is 2.21 bits per heavy atom. The number of benzene rings is 1. The Balaban J connectivity index is 1.88. The molecule has 4 nitrogen and oxygen atoms in total. The van der Waals surface area contributed by atoms with E-state index in [1.54, 1.807) is 6.07 Å². The monoisotopic (exact) mass is 261 g/mol. The molecule has 1 aliphatic rings. The molecular weight excluding hydrogens is 245 g/mol. The van der Waals surface area contributed by atoms with Crippen LogP contribution in [0.4, 0.5) is 4.39 Å². The van der Waals surface area contributed by atoms with E-state index in [0.717, 1.165) is 30.4 Å². The standard InChI is InChI=1S/C14H16FN3O/c1-8-6-10(15)3-5-12(8)13-17-14(19-18-13)9-2-4-11(16)7-9/h3,5-6,9,11H,2,4,7,16H2,1H3. The quantitative estimate of drug-likeness (QED) is 0.902. The first-order valence-electron chi connectivity index (χ1n) is 6.49. The van der Waals surface area contributed by atoms with E-state index >= 15 is 0 Å². The summed E-state index contributed by atoms with van der Waals surface area (Å²) >= 11 is 0. The molecule has 1 fully saturated rings. The summed E-state index contributed by atoms with van der Waals surface area (Å²) in [6.07, 6.45) is 2.88. The molecule has 0 spiro atoms. The predicted molar refractivity (Wildman–Crippen MR) is 69.0 cm³/mol. The van der Waals surface area contributed by atoms with Crippen LogP contribution in [0.25, 0.3) is 11.4 Å². The van der Waals surface area contributed by atoms with E-state index in [0.29, 0.717) is 11.7 Å². The second kappa shape index (κ2) is 4.74. The molecule has 2 atom stereocenters. The van der Waals surface area contributed by atoms with Gasteiger partial charge in [-0.1, -0.05) is 5.16 Å². The molecular formula is C14H16FN3O. The zero-order chi connectivity index (χ0) is 13.4. The molecule has 1 heterocycles. The van der Waals surface area contributed by atoms with Crippen molar-refractivity contribution >= 4 is 0 Å². The van der Waals surface area contributed by atoms with Crippen molar-refractivity contribution in [2.75, 3.05) is 0 Å². The van der Waals surface area contributed by atoms with E-state index in [2.05, 4.69) is 10.1 Å². The average molecular weight is 261 g/mol. The summed E-state index contributed by atoms with van der Waals surface area (Å²) < 4.78 is 18.4. The van der Waals surface area contributed by atoms with Gasteiger partial charge in [0.25, 0.3) is 0 Å². The van der Waals surface area contributed by atoms with E-state index < -0.39 is 0 Å². The van der Waals surface area contributed by atoms with Gasteiger partial charge in [-0.15, -0.1) is 0 Å². The number of nitrogens with two attached hydrogens (primary N) is 1. The van der Waals surface area contributed by atoms with Crippen LogP contribution in [0.2, 0.25) is 0 Å². The van der Waals surface area contributed by atoms with Gasteiger partial charge in [-0.2, -0.15) is 4.98 Å². The van der Waals surface area contributed by atoms with E-state index in [1.165, 1.54) is 12.1 Å². The highest BCUT2D eigenvalue weighted by molar-refractivity contribution is 5.59. The topological polar surface area (TPSA) is 64.9 Å². The minimum Gasteiger partial charge on any atom is -0.339 e. The number of nitrogens with zero attached hydrogens (tertiary/aromatic N) is 2. The van der Waals surface area contributed by atoms with Gasteiger partial charge in [0.2, 0.25) is 11.7 Å². The van der Waals surface area contributed by atoms with Gasteiger partial charge in [-0.25, -0.2) is 4.39 Å². The van der Waals surface area contributed by atoms with Crippen molar-refractivity contribution in [3.05, 3.63) is 35.5 Å². The van der Waals surface area contributed by atoms with Gasteiger partial charge in [0.15, 0.2) is 0 Å². The maximum atomic E-state index is 13.1. The lowest BCUT2D eigenvalue weighted by atomic mass is 10.1. The Labute approximate surface area is 110 Å². The summed E-state index contributed by atoms with van der Waals surface area (Å²) in [7, 11) is 0. The Bertz CT molecular complexity index is 596. The van der Waals surface area contributed by atoms with Crippen molar-refractivity contribution in [3.63, 3.8) is 0 Å². The molecule has 0 saturated heterocycles. The van der Waals surface area contributed by atoms with E-state index in [-0.39, 0.29) is 17.8 Å². The molecule has 1 aliphatic carbocycles. The maximum Gasteiger partial charge on any atom is 0.230 e. The Kier molecular flexibility index (Phi) is 3.06. The summed E-state index contributed by atoms with van der Waals surface area (Å²) in [6, 6.07) is 4.79. The van der Waals surface area contributed by atoms with Gasteiger partial charge in [-0.3, -0.25) is 0 Å². The second-order valence-corrected chi connectivity index (χ2v) is 5.19. The van der Waals surface area contributed by atoms with Crippen LogP contribution in [-0.4, -0.2) is 16.2 Å². The molecule has 1 saturated carbocycles. The van der Waals surface area contributed by atoms with Crippen LogP contribution in [0.1, 0.15) is 36.6 Å². The molecule has 2 aromatic rings. The smallest absolute Gasteiger partial charge is 0.230 e. The third kappa shape index (κ3) is 2.38. The highest BCUT2D eigenvalue weighted by atomic mass is 19.1. The number of rotatable bonds is 2. The molecule has 0 radical (unpaired) electrons. The first-order chi connectivity index (χ1) is 9.13. The first-order valence-corrected chi connectivity index (χ1v) is 6.49. The fraction of sp³-hybridized carbons (Fsp3) is 0.429. The van der Waals surface area contributed by atoms with Crippen LogP contribution >= 0.6 is 0 Å². The summed E-state index contributed by atoms with van der Waals surface area (Å²) in [5, 5.41) is 4.00. The SMILES string of the molecule is Cc1cc(F)ccc1-c1noc(C2CCC(N)C2)n1. The molecule has 2 unspecified atom stereocenters. The van der Waals surface area contributed by atoms with Gasteiger partial charge in [-0.05, 0) is 49.9 Å². The molecule has 2 N–H and O–H groups in total. The van der Waals surface area contributed by atoms with Gasteiger partial charge < -0.3 is 10.3 Å². The van der Waals surface area contributed by atoms with Crippen molar-refractivity contribution in [3.8, 4) is 11.4 Å². The van der Waals surface area contributed by atoms with Crippen LogP contribution in [0.3, 0.4) is 0 Å². The van der Waals surface area contributed by atoms with Crippen LogP contribution in [0.15, 0.2) is 22.7 Å². The third-order valence-corrected chi connectivity index (χ3v) is 3.69. The number of aromatic nitrogens is 2. The fourth-order valence-corrected chi connectivity index (χ4v) is 2.63. The Morgan fingerprint density at radius 1 is 1.37 bits per heavy atom. The van der Waals surface area contributed by atoms with Gasteiger partial charge in [0.1, 0.15) is 5.82 Å². The minimum absolute atomic E-state index is 0.230. The largest absolute Gasteiger partial charge is 0.339 e. The average Bonchev–Trinajstić information content (AvgIpc) is 2.97. The summed E-state index contributed by atoms with van der Waals surface area (Å²) in [5.74, 6) is 1.17. The van der Waals surface area contributed by atoms with Gasteiger partial charge >= 0.3 is 0 Å². The van der Waals surface area contributed by atoms with E-state index in [9.17, 15) is 4.39 Å². The first kappa shape index (κ1) is 12.3. The van der Waals surface area contributed by atoms with E-state index in [1.807, 2.05) is 6.92 Å². The maximum absolute atomic E-state index is 13.1. The lowest BCUT2D eigenvalue weighted by molar-refractivity contribution is 0.353. The Hall–Kier alpha value is -1.75. The normalized spacial score (nSPS) is 22.9. The van der Waals surface area contributed by atoms with E-state index in [4.69, 9.17) is 10.3 Å². The molecule has 5 heteroatoms. The molecule has 3 rings (SSSR count). The second-order valence-electron chi connectivity index (χ2n) is 5.19. The molecule has 0 amide bonds. The number of hydrogen-bond acceptors (Lipinski definition) is 4. The number of hydrogen-bond donors (Lipinski definition) is 1. The van der Waals surface area contributed by atoms with Crippen molar-refractivity contribution in [2.24, 2.45) is 5.73 Å². The molecule has 19 heavy (non-hydrogen) atoms. The van der Waals surface area contributed by atoms with Crippen LogP contribution in [0.5, 0.6) is 0 Å². The molecule has 1 aromatic carbocycles. The summed E-state index contributed by atoms with van der Waals surface area (Å²) in [4.78, 5) is 4.43. The number of halogens is 1. The van der Waals surface area contributed by atoms with Crippen LogP contribution in [-0.2, 0) is 0 Å². The number of aryl methyl sites for hydroxylation is 1. The lowest BCUT2D eigenvalue weighted by Gasteiger charge is -2.02. The van der Waals surface area contributed by atoms with Gasteiger partial charge in [0, 0.05) is 17.5 Å². The third-order valence-electron chi connectivity index (χ3n) is 3.69. The van der Waals surface area contributed by atoms with Crippen LogP contribution in [0, 0.1) is 12.7 Å². The van der Waals surface area contributed by atoms with Crippen molar-refractivity contribution in [1.29, 1.82) is 0 Å². The highest BCUT2D eigenvalue weighted by Crippen LogP contribution is 2.33. The highest BCUT2D eigenvalue weighted by Gasteiger charge is 2.28. The summed E-state index contributed by atoms with van der Waals surface area (Å²) in [5.41, 5.74) is 7.50. The van der Waals surface area contributed by atoms with Crippen molar-refractivity contribution in [1.82, 2.24) is 10.1 Å². The van der Waals surface area contributed by atoms with Crippen molar-refractivity contribution in [2.45, 2.75) is 38.1 Å². The minimum atomic E-state index is -0.258. The predicted octanol–water partition coefficient (Wildman–Crippen LogP) is 2.78.